The molecule has 0 aliphatic carbocycles. The number of carboxylic acids is 3. The van der Waals surface area contributed by atoms with Gasteiger partial charge in [0.2, 0.25) is 0 Å². The van der Waals surface area contributed by atoms with Gasteiger partial charge in [-0.1, -0.05) is 0 Å². The van der Waals surface area contributed by atoms with E-state index in [9.17, 15) is 0 Å². The van der Waals surface area contributed by atoms with Crippen molar-refractivity contribution in [1.82, 2.24) is 0 Å². The molecule has 0 aliphatic rings. The van der Waals surface area contributed by atoms with Crippen LogP contribution in [0.5, 0.6) is 0 Å². The molecule has 0 aromatic carbocycles. The Morgan fingerprint density at radius 1 is 0.812 bits per heavy atom. The van der Waals surface area contributed by atoms with Gasteiger partial charge >= 0.3 is 43.7 Å². The van der Waals surface area contributed by atoms with Crippen LogP contribution in [0.4, 0.5) is 0 Å². The molecule has 0 aliphatic heterocycles. The molecule has 0 aromatic rings. The molecule has 4 N–H and O–H groups in total. The molecule has 0 rings (SSSR count). The van der Waals surface area contributed by atoms with E-state index in [4.69, 9.17) is 45.0 Å². The minimum Gasteiger partial charge on any atom is -0.548 e. The Labute approximate surface area is 120 Å². The Balaban J connectivity index is -0.0000000655. The van der Waals surface area contributed by atoms with Crippen molar-refractivity contribution in [2.75, 3.05) is 19.8 Å². The fourth-order valence-electron chi connectivity index (χ4n) is 0. The van der Waals surface area contributed by atoms with Gasteiger partial charge in [0.1, 0.15) is 6.61 Å². The van der Waals surface area contributed by atoms with E-state index in [-0.39, 0.29) is 37.7 Å². The summed E-state index contributed by atoms with van der Waals surface area (Å²) in [5.74, 6) is -4.07. The summed E-state index contributed by atoms with van der Waals surface area (Å²) in [6.07, 6.45) is 0. The second-order valence-corrected chi connectivity index (χ2v) is 1.61. The molecule has 0 atom stereocenters. The number of aliphatic carboxylic acids is 3. The molecule has 0 spiro atoms. The van der Waals surface area contributed by atoms with E-state index in [0.717, 1.165) is 0 Å². The molecule has 0 saturated heterocycles. The first-order valence-electron chi connectivity index (χ1n) is 3.25. The second kappa shape index (κ2) is 20.0. The maximum absolute atomic E-state index is 9.12. The molecular weight excluding hydrogens is 256 g/mol. The molecule has 10 heteroatoms. The summed E-state index contributed by atoms with van der Waals surface area (Å²) in [5, 5.41) is 48.0. The third-order valence-corrected chi connectivity index (χ3v) is 0.393. The van der Waals surface area contributed by atoms with Crippen molar-refractivity contribution in [1.29, 1.82) is 0 Å². The van der Waals surface area contributed by atoms with E-state index >= 15 is 0 Å². The van der Waals surface area contributed by atoms with Gasteiger partial charge in [-0.2, -0.15) is 0 Å². The Morgan fingerprint density at radius 2 is 0.938 bits per heavy atom. The van der Waals surface area contributed by atoms with E-state index in [1.54, 1.807) is 0 Å². The number of hydrogen-bond acceptors (Lipinski definition) is 8. The minimum absolute atomic E-state index is 0. The zero-order valence-electron chi connectivity index (χ0n) is 8.16. The number of carboxylic acid groups (broad SMARTS) is 3. The standard InChI is InChI=1S/3C2H4O3.Ca/c3*3-1-2(4)5;/h3*3H,1H2,(H,4,5);/q;;;+2/p-2. The van der Waals surface area contributed by atoms with Crippen LogP contribution in [0.1, 0.15) is 0 Å². The van der Waals surface area contributed by atoms with Gasteiger partial charge in [-0.15, -0.1) is 0 Å². The van der Waals surface area contributed by atoms with E-state index in [0.29, 0.717) is 0 Å². The van der Waals surface area contributed by atoms with E-state index in [2.05, 4.69) is 0 Å². The zero-order valence-corrected chi connectivity index (χ0v) is 10.4. The summed E-state index contributed by atoms with van der Waals surface area (Å²) in [4.78, 5) is 27.1. The van der Waals surface area contributed by atoms with Gasteiger partial charge in [0.15, 0.2) is 0 Å². The summed E-state index contributed by atoms with van der Waals surface area (Å²) in [7, 11) is 0. The predicted molar refractivity (Wildman–Crippen MR) is 44.7 cm³/mol. The average molecular weight is 266 g/mol. The Hall–Kier alpha value is -0.450. The summed E-state index contributed by atoms with van der Waals surface area (Å²) >= 11 is 0. The Bertz CT molecular complexity index is 159. The van der Waals surface area contributed by atoms with Crippen LogP contribution in [0.2, 0.25) is 0 Å². The Kier molecular flexibility index (Phi) is 30.9. The molecule has 0 heterocycles. The second-order valence-electron chi connectivity index (χ2n) is 1.61. The van der Waals surface area contributed by atoms with E-state index in [1.807, 2.05) is 0 Å². The number of hydrogen-bond donors (Lipinski definition) is 4. The quantitative estimate of drug-likeness (QED) is 0.362. The number of rotatable bonds is 3. The van der Waals surface area contributed by atoms with Crippen molar-refractivity contribution in [3.8, 4) is 0 Å². The van der Waals surface area contributed by atoms with Gasteiger partial charge in [0.25, 0.3) is 0 Å². The van der Waals surface area contributed by atoms with Crippen LogP contribution in [0, 0.1) is 0 Å². The summed E-state index contributed by atoms with van der Waals surface area (Å²) in [6, 6.07) is 0. The van der Waals surface area contributed by atoms with Crippen LogP contribution in [-0.4, -0.2) is 95.9 Å². The summed E-state index contributed by atoms with van der Waals surface area (Å²) in [6.45, 7) is -2.56. The van der Waals surface area contributed by atoms with Gasteiger partial charge < -0.3 is 40.2 Å². The number of aliphatic hydroxyl groups is 3. The third-order valence-electron chi connectivity index (χ3n) is 0.393. The van der Waals surface area contributed by atoms with Gasteiger partial charge in [0.05, 0.1) is 25.2 Å². The van der Waals surface area contributed by atoms with Crippen molar-refractivity contribution >= 4 is 55.6 Å². The first kappa shape index (κ1) is 24.7. The smallest absolute Gasteiger partial charge is 0.548 e. The molecule has 0 radical (unpaired) electrons. The van der Waals surface area contributed by atoms with Crippen LogP contribution in [0.25, 0.3) is 0 Å². The molecule has 90 valence electrons. The zero-order chi connectivity index (χ0) is 12.9. The molecule has 9 nitrogen and oxygen atoms in total. The van der Waals surface area contributed by atoms with Gasteiger partial charge in [-0.25, -0.2) is 4.79 Å². The maximum Gasteiger partial charge on any atom is 2.00 e. The molecule has 16 heavy (non-hydrogen) atoms. The first-order chi connectivity index (χ1) is 6.81. The molecule has 0 saturated carbocycles. The summed E-state index contributed by atoms with van der Waals surface area (Å²) in [5.41, 5.74) is 0. The first-order valence-corrected chi connectivity index (χ1v) is 3.25. The number of aliphatic hydroxyl groups excluding tert-OH is 3. The molecule has 0 amide bonds. The summed E-state index contributed by atoms with van der Waals surface area (Å²) < 4.78 is 0. The van der Waals surface area contributed by atoms with Crippen molar-refractivity contribution in [2.24, 2.45) is 0 Å². The van der Waals surface area contributed by atoms with Crippen LogP contribution in [0.3, 0.4) is 0 Å². The van der Waals surface area contributed by atoms with Crippen molar-refractivity contribution in [3.63, 3.8) is 0 Å². The molecular formula is C6H10CaO9. The van der Waals surface area contributed by atoms with E-state index < -0.39 is 37.7 Å². The normalized spacial score (nSPS) is 6.94. The number of carbonyl (C=O) groups is 3. The molecule has 0 unspecified atom stereocenters. The molecule has 0 aromatic heterocycles. The largest absolute Gasteiger partial charge is 2.00 e. The molecule has 0 bridgehead atoms. The van der Waals surface area contributed by atoms with Gasteiger partial charge in [-0.05, 0) is 0 Å². The van der Waals surface area contributed by atoms with Crippen molar-refractivity contribution in [2.45, 2.75) is 0 Å². The van der Waals surface area contributed by atoms with Crippen LogP contribution >= 0.6 is 0 Å². The topological polar surface area (TPSA) is 178 Å². The minimum atomic E-state index is -1.44. The van der Waals surface area contributed by atoms with Crippen molar-refractivity contribution < 1.29 is 45.0 Å². The maximum atomic E-state index is 9.12. The van der Waals surface area contributed by atoms with Gasteiger partial charge in [0, 0.05) is 0 Å². The van der Waals surface area contributed by atoms with Crippen molar-refractivity contribution in [3.05, 3.63) is 0 Å². The fourth-order valence-corrected chi connectivity index (χ4v) is 0. The SMILES string of the molecule is O=C(O)CO.O=C([O-])CO.O=C([O-])CO.[Ca+2]. The van der Waals surface area contributed by atoms with E-state index in [1.165, 1.54) is 0 Å². The fraction of sp³-hybridized carbons (Fsp3) is 0.500. The predicted octanol–water partition coefficient (Wildman–Crippen LogP) is -5.86. The molecule has 0 fully saturated rings. The Morgan fingerprint density at radius 3 is 0.938 bits per heavy atom. The monoisotopic (exact) mass is 266 g/mol. The number of carbonyl (C=O) groups excluding carboxylic acids is 2. The average Bonchev–Trinajstić information content (AvgIpc) is 2.19. The van der Waals surface area contributed by atoms with Gasteiger partial charge in [-0.3, -0.25) is 0 Å². The van der Waals surface area contributed by atoms with Crippen LogP contribution in [-0.2, 0) is 14.4 Å². The third kappa shape index (κ3) is 69.3. The van der Waals surface area contributed by atoms with Crippen LogP contribution in [0.15, 0.2) is 0 Å². The van der Waals surface area contributed by atoms with Crippen LogP contribution < -0.4 is 10.2 Å².